The maximum atomic E-state index is 10.4. The van der Waals surface area contributed by atoms with Crippen LogP contribution >= 0.6 is 0 Å². The van der Waals surface area contributed by atoms with Crippen LogP contribution in [0.3, 0.4) is 0 Å². The summed E-state index contributed by atoms with van der Waals surface area (Å²) in [6, 6.07) is 7.42. The first-order chi connectivity index (χ1) is 4.61. The summed E-state index contributed by atoms with van der Waals surface area (Å²) in [5.41, 5.74) is 0. The van der Waals surface area contributed by atoms with Gasteiger partial charge in [0.15, 0.2) is 0 Å². The van der Waals surface area contributed by atoms with Crippen LogP contribution in [0.5, 0.6) is 0 Å². The van der Waals surface area contributed by atoms with Gasteiger partial charge in [0.05, 0.1) is 4.90 Å². The third-order valence-corrected chi connectivity index (χ3v) is 1.91. The first-order valence-corrected chi connectivity index (χ1v) is 4.07. The molecule has 0 aliphatic carbocycles. The van der Waals surface area contributed by atoms with Gasteiger partial charge in [-0.05, 0) is 12.1 Å². The summed E-state index contributed by atoms with van der Waals surface area (Å²) >= 11 is 0. The van der Waals surface area contributed by atoms with Crippen molar-refractivity contribution >= 4 is 164 Å². The van der Waals surface area contributed by atoms with Gasteiger partial charge >= 0.3 is 154 Å². The molecule has 0 amide bonds. The second kappa shape index (κ2) is 11.1. The molecule has 0 bridgehead atoms. The van der Waals surface area contributed by atoms with E-state index >= 15 is 0 Å². The van der Waals surface area contributed by atoms with Crippen LogP contribution in [0.4, 0.5) is 0 Å². The Kier molecular flexibility index (Phi) is 19.1. The van der Waals surface area contributed by atoms with Crippen molar-refractivity contribution in [3.05, 3.63) is 30.3 Å². The Bertz CT molecular complexity index is 311. The van der Waals surface area contributed by atoms with E-state index < -0.39 is 10.1 Å². The third-order valence-electron chi connectivity index (χ3n) is 1.04. The SMILES string of the molecule is O=S(=O)(O)c1ccccc1.[KH].[KH].[KH]. The molecule has 1 aromatic carbocycles. The zero-order valence-corrected chi connectivity index (χ0v) is 5.88. The van der Waals surface area contributed by atoms with Crippen LogP contribution in [0.25, 0.3) is 0 Å². The summed E-state index contributed by atoms with van der Waals surface area (Å²) in [7, 11) is -4.00. The first-order valence-electron chi connectivity index (χ1n) is 2.63. The van der Waals surface area contributed by atoms with Gasteiger partial charge in [-0.3, -0.25) is 4.55 Å². The van der Waals surface area contributed by atoms with Crippen LogP contribution in [-0.2, 0) is 10.1 Å². The quantitative estimate of drug-likeness (QED) is 0.529. The van der Waals surface area contributed by atoms with Crippen molar-refractivity contribution in [2.45, 2.75) is 4.90 Å². The van der Waals surface area contributed by atoms with Gasteiger partial charge in [0.1, 0.15) is 0 Å². The zero-order chi connectivity index (χ0) is 7.61. The van der Waals surface area contributed by atoms with Crippen LogP contribution in [0.1, 0.15) is 0 Å². The number of benzene rings is 1. The van der Waals surface area contributed by atoms with E-state index in [-0.39, 0.29) is 159 Å². The number of hydrogen-bond donors (Lipinski definition) is 1. The van der Waals surface area contributed by atoms with Gasteiger partial charge in [0, 0.05) is 0 Å². The number of rotatable bonds is 1. The van der Waals surface area contributed by atoms with E-state index in [1.807, 2.05) is 0 Å². The summed E-state index contributed by atoms with van der Waals surface area (Å²) in [5, 5.41) is 0. The molecule has 0 atom stereocenters. The fourth-order valence-corrected chi connectivity index (χ4v) is 1.09. The predicted molar refractivity (Wildman–Crippen MR) is 57.7 cm³/mol. The Labute approximate surface area is 206 Å². The predicted octanol–water partition coefficient (Wildman–Crippen LogP) is -1.01. The molecular weight excluding hydrogens is 269 g/mol. The Morgan fingerprint density at radius 2 is 1.31 bits per heavy atom. The van der Waals surface area contributed by atoms with Crippen molar-refractivity contribution < 1.29 is 13.0 Å². The number of hydrogen-bond acceptors (Lipinski definition) is 2. The molecule has 1 rings (SSSR count). The van der Waals surface area contributed by atoms with E-state index in [9.17, 15) is 8.42 Å². The average Bonchev–Trinajstić information content (AvgIpc) is 1.88. The molecule has 0 saturated heterocycles. The topological polar surface area (TPSA) is 54.4 Å². The molecule has 0 aliphatic heterocycles. The van der Waals surface area contributed by atoms with E-state index in [0.717, 1.165) is 0 Å². The molecular formula is C6H9K3O3S. The molecule has 0 unspecified atom stereocenters. The summed E-state index contributed by atoms with van der Waals surface area (Å²) in [4.78, 5) is -0.0741. The van der Waals surface area contributed by atoms with Crippen LogP contribution < -0.4 is 0 Å². The Balaban J connectivity index is -0.000000333. The molecule has 1 aromatic rings. The molecule has 60 valence electrons. The maximum absolute atomic E-state index is 10.4. The monoisotopic (exact) mass is 278 g/mol. The van der Waals surface area contributed by atoms with Gasteiger partial charge < -0.3 is 0 Å². The van der Waals surface area contributed by atoms with E-state index in [4.69, 9.17) is 4.55 Å². The zero-order valence-electron chi connectivity index (χ0n) is 5.06. The molecule has 1 N–H and O–H groups in total. The molecule has 0 aliphatic rings. The molecule has 7 heteroatoms. The second-order valence-electron chi connectivity index (χ2n) is 1.79. The van der Waals surface area contributed by atoms with Crippen molar-refractivity contribution in [3.63, 3.8) is 0 Å². The van der Waals surface area contributed by atoms with Crippen molar-refractivity contribution in [1.82, 2.24) is 0 Å². The first kappa shape index (κ1) is 22.2. The standard InChI is InChI=1S/C6H6O3S.3K.3H/c7-10(8,9)6-4-2-1-3-5-6;;;;;;/h1-5H,(H,7,8,9);;;;;;. The van der Waals surface area contributed by atoms with E-state index in [1.165, 1.54) is 12.1 Å². The van der Waals surface area contributed by atoms with Gasteiger partial charge in [-0.15, -0.1) is 0 Å². The molecule has 0 spiro atoms. The molecule has 13 heavy (non-hydrogen) atoms. The van der Waals surface area contributed by atoms with E-state index in [1.54, 1.807) is 18.2 Å². The summed E-state index contributed by atoms with van der Waals surface area (Å²) < 4.78 is 29.2. The van der Waals surface area contributed by atoms with Crippen molar-refractivity contribution in [2.24, 2.45) is 0 Å². The van der Waals surface area contributed by atoms with Gasteiger partial charge in [-0.25, -0.2) is 0 Å². The van der Waals surface area contributed by atoms with Gasteiger partial charge in [-0.1, -0.05) is 18.2 Å². The Morgan fingerprint density at radius 1 is 0.923 bits per heavy atom. The molecule has 3 nitrogen and oxygen atoms in total. The van der Waals surface area contributed by atoms with Crippen molar-refractivity contribution in [1.29, 1.82) is 0 Å². The fraction of sp³-hybridized carbons (Fsp3) is 0. The van der Waals surface area contributed by atoms with Gasteiger partial charge in [0.25, 0.3) is 10.1 Å². The van der Waals surface area contributed by atoms with Gasteiger partial charge in [-0.2, -0.15) is 8.42 Å². The van der Waals surface area contributed by atoms with E-state index in [0.29, 0.717) is 0 Å². The van der Waals surface area contributed by atoms with E-state index in [2.05, 4.69) is 0 Å². The fourth-order valence-electron chi connectivity index (χ4n) is 0.592. The minimum atomic E-state index is -4.00. The minimum absolute atomic E-state index is 0. The average molecular weight is 278 g/mol. The van der Waals surface area contributed by atoms with Crippen molar-refractivity contribution in [2.75, 3.05) is 0 Å². The summed E-state index contributed by atoms with van der Waals surface area (Å²) in [5.74, 6) is 0. The second-order valence-corrected chi connectivity index (χ2v) is 3.21. The van der Waals surface area contributed by atoms with Gasteiger partial charge in [0.2, 0.25) is 0 Å². The Hall–Kier alpha value is 4.04. The normalized spacial score (nSPS) is 8.69. The molecule has 0 radical (unpaired) electrons. The molecule has 0 heterocycles. The molecule has 0 aromatic heterocycles. The van der Waals surface area contributed by atoms with Crippen LogP contribution in [-0.4, -0.2) is 167 Å². The van der Waals surface area contributed by atoms with Crippen LogP contribution in [0, 0.1) is 0 Å². The molecule has 0 fully saturated rings. The summed E-state index contributed by atoms with van der Waals surface area (Å²) in [6.45, 7) is 0. The summed E-state index contributed by atoms with van der Waals surface area (Å²) in [6.07, 6.45) is 0. The molecule has 0 saturated carbocycles. The Morgan fingerprint density at radius 3 is 1.54 bits per heavy atom. The van der Waals surface area contributed by atoms with Crippen LogP contribution in [0.2, 0.25) is 0 Å². The van der Waals surface area contributed by atoms with Crippen LogP contribution in [0.15, 0.2) is 35.2 Å². The third kappa shape index (κ3) is 9.71. The van der Waals surface area contributed by atoms with Crippen molar-refractivity contribution in [3.8, 4) is 0 Å².